The lowest BCUT2D eigenvalue weighted by atomic mass is 9.95. The Morgan fingerprint density at radius 2 is 2.20 bits per heavy atom. The molecule has 3 aromatic rings. The number of pyridine rings is 1. The van der Waals surface area contributed by atoms with Gasteiger partial charge in [-0.1, -0.05) is 45.1 Å². The lowest BCUT2D eigenvalue weighted by Crippen LogP contribution is -1.98. The van der Waals surface area contributed by atoms with E-state index in [-0.39, 0.29) is 5.92 Å². The van der Waals surface area contributed by atoms with Crippen LogP contribution in [0.3, 0.4) is 0 Å². The second-order valence-electron chi connectivity index (χ2n) is 7.29. The molecule has 1 aromatic carbocycles. The van der Waals surface area contributed by atoms with Crippen molar-refractivity contribution < 1.29 is 4.74 Å². The molecule has 0 radical (unpaired) electrons. The summed E-state index contributed by atoms with van der Waals surface area (Å²) in [7, 11) is 0. The maximum Gasteiger partial charge on any atom is 0.143 e. The zero-order valence-corrected chi connectivity index (χ0v) is 19.0. The summed E-state index contributed by atoms with van der Waals surface area (Å²) < 4.78 is 5.90. The van der Waals surface area contributed by atoms with Crippen molar-refractivity contribution in [3.8, 4) is 11.8 Å². The molecule has 4 nitrogen and oxygen atoms in total. The minimum absolute atomic E-state index is 0.237. The van der Waals surface area contributed by atoms with Gasteiger partial charge < -0.3 is 9.72 Å². The van der Waals surface area contributed by atoms with E-state index < -0.39 is 0 Å². The number of benzene rings is 1. The molecule has 0 aliphatic heterocycles. The van der Waals surface area contributed by atoms with Crippen LogP contribution in [0.25, 0.3) is 21.9 Å². The number of nitrogens with zero attached hydrogens (tertiary/aromatic N) is 2. The number of aromatic nitrogens is 2. The number of nitrogens with one attached hydrogen (secondary N) is 1. The molecule has 0 fully saturated rings. The Bertz CT molecular complexity index is 1120. The van der Waals surface area contributed by atoms with E-state index >= 15 is 0 Å². The van der Waals surface area contributed by atoms with E-state index in [0.29, 0.717) is 13.0 Å². The van der Waals surface area contributed by atoms with Crippen molar-refractivity contribution >= 4 is 33.7 Å². The van der Waals surface area contributed by atoms with Gasteiger partial charge in [-0.25, -0.2) is 4.98 Å². The van der Waals surface area contributed by atoms with E-state index in [2.05, 4.69) is 74.1 Å². The van der Waals surface area contributed by atoms with Gasteiger partial charge in [0.25, 0.3) is 0 Å². The van der Waals surface area contributed by atoms with Gasteiger partial charge in [0.1, 0.15) is 18.0 Å². The number of thioether (sulfide) groups is 1. The summed E-state index contributed by atoms with van der Waals surface area (Å²) in [5.74, 6) is 2.10. The minimum Gasteiger partial charge on any atom is -0.490 e. The molecule has 5 heteroatoms. The first-order valence-electron chi connectivity index (χ1n) is 10.5. The fourth-order valence-corrected chi connectivity index (χ4v) is 4.33. The quantitative estimate of drug-likeness (QED) is 0.299. The highest BCUT2D eigenvalue weighted by Crippen LogP contribution is 2.37. The number of aryl methyl sites for hydroxylation is 1. The molecule has 156 valence electrons. The van der Waals surface area contributed by atoms with Crippen LogP contribution < -0.4 is 4.74 Å². The molecule has 1 N–H and O–H groups in total. The molecule has 2 aromatic heterocycles. The van der Waals surface area contributed by atoms with Crippen LogP contribution in [0.4, 0.5) is 0 Å². The third kappa shape index (κ3) is 4.88. The number of fused-ring (bicyclic) bond motifs is 3. The van der Waals surface area contributed by atoms with Crippen LogP contribution in [0.5, 0.6) is 5.75 Å². The van der Waals surface area contributed by atoms with Gasteiger partial charge >= 0.3 is 0 Å². The average Bonchev–Trinajstić information content (AvgIpc) is 3.12. The first-order valence-corrected chi connectivity index (χ1v) is 11.5. The summed E-state index contributed by atoms with van der Waals surface area (Å²) in [5.41, 5.74) is 4.17. The highest BCUT2D eigenvalue weighted by Gasteiger charge is 2.17. The molecule has 0 saturated heterocycles. The second kappa shape index (κ2) is 10.4. The number of ether oxygens (including phenoxy) is 1. The van der Waals surface area contributed by atoms with Gasteiger partial charge in [0.15, 0.2) is 0 Å². The van der Waals surface area contributed by atoms with Crippen molar-refractivity contribution in [1.29, 1.82) is 5.26 Å². The van der Waals surface area contributed by atoms with E-state index in [1.807, 2.05) is 24.0 Å². The van der Waals surface area contributed by atoms with Crippen molar-refractivity contribution in [3.63, 3.8) is 0 Å². The van der Waals surface area contributed by atoms with Gasteiger partial charge in [-0.05, 0) is 53.2 Å². The Morgan fingerprint density at radius 1 is 1.37 bits per heavy atom. The lowest BCUT2D eigenvalue weighted by Gasteiger charge is -2.12. The van der Waals surface area contributed by atoms with Crippen molar-refractivity contribution in [2.75, 3.05) is 12.4 Å². The summed E-state index contributed by atoms with van der Waals surface area (Å²) in [4.78, 5) is 9.42. The second-order valence-corrected chi connectivity index (χ2v) is 8.68. The monoisotopic (exact) mass is 419 g/mol. The van der Waals surface area contributed by atoms with Crippen LogP contribution in [-0.2, 0) is 0 Å². The van der Waals surface area contributed by atoms with Crippen LogP contribution in [-0.4, -0.2) is 22.3 Å². The molecule has 0 bridgehead atoms. The summed E-state index contributed by atoms with van der Waals surface area (Å²) in [6.45, 7) is 9.04. The van der Waals surface area contributed by atoms with Gasteiger partial charge in [-0.3, -0.25) is 0 Å². The Kier molecular flexibility index (Phi) is 7.59. The topological polar surface area (TPSA) is 61.7 Å². The maximum absolute atomic E-state index is 8.83. The van der Waals surface area contributed by atoms with E-state index in [0.717, 1.165) is 45.4 Å². The van der Waals surface area contributed by atoms with Crippen molar-refractivity contribution in [2.45, 2.75) is 46.5 Å². The smallest absolute Gasteiger partial charge is 0.143 e. The number of nitriles is 1. The third-order valence-corrected chi connectivity index (χ3v) is 6.14. The predicted octanol–water partition coefficient (Wildman–Crippen LogP) is 7.02. The third-order valence-electron chi connectivity index (χ3n) is 5.06. The molecular formula is C25H29N3OS. The number of H-pyrrole nitrogens is 1. The summed E-state index contributed by atoms with van der Waals surface area (Å²) in [6.07, 6.45) is 9.94. The summed E-state index contributed by atoms with van der Waals surface area (Å²) >= 11 is 1.90. The Labute approximate surface area is 183 Å². The Balaban J connectivity index is 2.06. The van der Waals surface area contributed by atoms with E-state index in [1.54, 1.807) is 0 Å². The van der Waals surface area contributed by atoms with Gasteiger partial charge in [0.2, 0.25) is 0 Å². The number of hydrogen-bond donors (Lipinski definition) is 1. The zero-order chi connectivity index (χ0) is 21.5. The van der Waals surface area contributed by atoms with Gasteiger partial charge in [-0.15, -0.1) is 11.8 Å². The molecule has 30 heavy (non-hydrogen) atoms. The predicted molar refractivity (Wildman–Crippen MR) is 128 cm³/mol. The largest absolute Gasteiger partial charge is 0.490 e. The summed E-state index contributed by atoms with van der Waals surface area (Å²) in [6, 6.07) is 8.45. The maximum atomic E-state index is 8.83. The standard InChI is InChI=1S/C25H29N3OS/c1-5-19(30-6-2)10-7-9-18(4)20-11-12-22(29-14-8-13-26)24-23(20)21-15-17(3)16-27-25(21)28-24/h7,9-12,15-16,18H,5-6,8,14H2,1-4H3,(H,27,28)/b9-7-,19-10+. The highest BCUT2D eigenvalue weighted by atomic mass is 32.2. The summed E-state index contributed by atoms with van der Waals surface area (Å²) in [5, 5.41) is 11.1. The van der Waals surface area contributed by atoms with Crippen LogP contribution in [0, 0.1) is 18.3 Å². The molecule has 3 rings (SSSR count). The van der Waals surface area contributed by atoms with Gasteiger partial charge in [0, 0.05) is 17.0 Å². The van der Waals surface area contributed by atoms with Crippen LogP contribution >= 0.6 is 11.8 Å². The number of rotatable bonds is 9. The van der Waals surface area contributed by atoms with Crippen LogP contribution in [0.15, 0.2) is 47.5 Å². The fraction of sp³-hybridized carbons (Fsp3) is 0.360. The van der Waals surface area contributed by atoms with Gasteiger partial charge in [-0.2, -0.15) is 5.26 Å². The number of aromatic amines is 1. The molecule has 0 spiro atoms. The minimum atomic E-state index is 0.237. The Hall–Kier alpha value is -2.71. The average molecular weight is 420 g/mol. The Morgan fingerprint density at radius 3 is 2.93 bits per heavy atom. The van der Waals surface area contributed by atoms with Crippen LogP contribution in [0.1, 0.15) is 50.7 Å². The van der Waals surface area contributed by atoms with E-state index in [4.69, 9.17) is 10.00 Å². The molecule has 1 atom stereocenters. The van der Waals surface area contributed by atoms with Crippen molar-refractivity contribution in [3.05, 3.63) is 58.7 Å². The van der Waals surface area contributed by atoms with E-state index in [1.165, 1.54) is 10.5 Å². The highest BCUT2D eigenvalue weighted by molar-refractivity contribution is 8.03. The first-order chi connectivity index (χ1) is 14.6. The molecule has 2 heterocycles. The number of allylic oxidation sites excluding steroid dienone is 4. The molecule has 0 aliphatic carbocycles. The number of hydrogen-bond acceptors (Lipinski definition) is 4. The van der Waals surface area contributed by atoms with Gasteiger partial charge in [0.05, 0.1) is 18.0 Å². The first kappa shape index (κ1) is 22.0. The molecule has 1 unspecified atom stereocenters. The lowest BCUT2D eigenvalue weighted by molar-refractivity contribution is 0.330. The SMILES string of the molecule is CCS/C(=C/C=C\C(C)c1ccc(OCCC#N)c2[nH]c3ncc(C)cc3c12)CC. The fourth-order valence-electron chi connectivity index (χ4n) is 3.58. The van der Waals surface area contributed by atoms with Crippen molar-refractivity contribution in [1.82, 2.24) is 9.97 Å². The van der Waals surface area contributed by atoms with Crippen LogP contribution in [0.2, 0.25) is 0 Å². The molecule has 0 amide bonds. The van der Waals surface area contributed by atoms with E-state index in [9.17, 15) is 0 Å². The molecule has 0 saturated carbocycles. The van der Waals surface area contributed by atoms with Crippen molar-refractivity contribution in [2.24, 2.45) is 0 Å². The molecule has 0 aliphatic rings. The molecular weight excluding hydrogens is 390 g/mol. The zero-order valence-electron chi connectivity index (χ0n) is 18.2. The normalized spacial score (nSPS) is 13.2.